The quantitative estimate of drug-likeness (QED) is 0.184. The lowest BCUT2D eigenvalue weighted by atomic mass is 10.0. The van der Waals surface area contributed by atoms with Crippen molar-refractivity contribution in [3.8, 4) is 33.6 Å². The maximum absolute atomic E-state index is 6.51. The van der Waals surface area contributed by atoms with E-state index in [1.54, 1.807) is 0 Å². The predicted octanol–water partition coefficient (Wildman–Crippen LogP) is 13.9. The number of aromatic nitrogens is 2. The summed E-state index contributed by atoms with van der Waals surface area (Å²) in [4.78, 5) is 0. The molecule has 8 aromatic carbocycles. The van der Waals surface area contributed by atoms with Crippen LogP contribution in [0, 0.1) is 0 Å². The van der Waals surface area contributed by atoms with Crippen molar-refractivity contribution in [3.05, 3.63) is 182 Å². The van der Waals surface area contributed by atoms with Gasteiger partial charge in [0.15, 0.2) is 0 Å². The first-order valence-electron chi connectivity index (χ1n) is 18.3. The Kier molecular flexibility index (Phi) is 6.02. The second-order valence-electron chi connectivity index (χ2n) is 14.1. The van der Waals surface area contributed by atoms with E-state index < -0.39 is 0 Å². The number of hydrogen-bond donors (Lipinski definition) is 0. The normalized spacial score (nSPS) is 12.1. The molecule has 0 fully saturated rings. The minimum atomic E-state index is 0.870. The summed E-state index contributed by atoms with van der Waals surface area (Å²) in [7, 11) is 0. The largest absolute Gasteiger partial charge is 0.456 e. The highest BCUT2D eigenvalue weighted by Crippen LogP contribution is 2.41. The van der Waals surface area contributed by atoms with Gasteiger partial charge in [0.1, 0.15) is 16.7 Å². The highest BCUT2D eigenvalue weighted by atomic mass is 16.3. The van der Waals surface area contributed by atoms with Crippen LogP contribution in [0.1, 0.15) is 0 Å². The minimum absolute atomic E-state index is 0.870. The minimum Gasteiger partial charge on any atom is -0.456 e. The van der Waals surface area contributed by atoms with E-state index in [9.17, 15) is 0 Å². The topological polar surface area (TPSA) is 36.1 Å². The van der Waals surface area contributed by atoms with Gasteiger partial charge in [-0.25, -0.2) is 0 Å². The Morgan fingerprint density at radius 3 is 1.70 bits per heavy atom. The highest BCUT2D eigenvalue weighted by molar-refractivity contribution is 6.20. The molecular formula is C50H30N2O2. The van der Waals surface area contributed by atoms with Crippen molar-refractivity contribution in [2.24, 2.45) is 0 Å². The lowest BCUT2D eigenvalue weighted by Crippen LogP contribution is -1.94. The van der Waals surface area contributed by atoms with Crippen molar-refractivity contribution in [1.29, 1.82) is 0 Å². The summed E-state index contributed by atoms with van der Waals surface area (Å²) in [5.74, 6) is 0. The van der Waals surface area contributed by atoms with Gasteiger partial charge >= 0.3 is 0 Å². The van der Waals surface area contributed by atoms with E-state index in [1.165, 1.54) is 38.3 Å². The van der Waals surface area contributed by atoms with E-state index in [0.29, 0.717) is 0 Å². The Morgan fingerprint density at radius 1 is 0.296 bits per heavy atom. The molecule has 0 aliphatic heterocycles. The molecule has 12 aromatic rings. The SMILES string of the molecule is c1ccc(-n2c3cc(-c4ccc(-n5c6ccccc6c6cc(-c7ccc8oc9ccccc9c8c7)ccc65)cc4)ccc3c3c4ccccc4oc32)cc1. The van der Waals surface area contributed by atoms with Crippen molar-refractivity contribution in [1.82, 2.24) is 9.13 Å². The first kappa shape index (κ1) is 29.3. The summed E-state index contributed by atoms with van der Waals surface area (Å²) in [5.41, 5.74) is 14.0. The number of para-hydroxylation sites is 4. The molecular weight excluding hydrogens is 661 g/mol. The monoisotopic (exact) mass is 690 g/mol. The third-order valence-electron chi connectivity index (χ3n) is 11.1. The smallest absolute Gasteiger partial charge is 0.213 e. The molecule has 0 spiro atoms. The number of nitrogens with zero attached hydrogens (tertiary/aromatic N) is 2. The van der Waals surface area contributed by atoms with Gasteiger partial charge in [-0.1, -0.05) is 109 Å². The summed E-state index contributed by atoms with van der Waals surface area (Å²) < 4.78 is 17.3. The number of furan rings is 2. The second kappa shape index (κ2) is 11.1. The van der Waals surface area contributed by atoms with Gasteiger partial charge < -0.3 is 13.4 Å². The van der Waals surface area contributed by atoms with Gasteiger partial charge in [0.05, 0.1) is 21.9 Å². The molecule has 252 valence electrons. The fraction of sp³-hybridized carbons (Fsp3) is 0. The molecule has 0 atom stereocenters. The summed E-state index contributed by atoms with van der Waals surface area (Å²) in [6, 6.07) is 64.9. The highest BCUT2D eigenvalue weighted by Gasteiger charge is 2.20. The van der Waals surface area contributed by atoms with E-state index in [-0.39, 0.29) is 0 Å². The van der Waals surface area contributed by atoms with E-state index in [2.05, 4.69) is 167 Å². The van der Waals surface area contributed by atoms with Crippen LogP contribution in [0.4, 0.5) is 0 Å². The van der Waals surface area contributed by atoms with Gasteiger partial charge in [-0.15, -0.1) is 0 Å². The standard InChI is InChI=1S/C50H30N2O2/c1-2-10-35(11-3-1)52-45-30-34(20-25-39(45)49-40-14-6-9-17-47(40)54-50(49)52)31-18-23-36(24-19-31)51-43-15-7-4-12-37(43)41-28-32(21-26-44(41)51)33-22-27-48-42(29-33)38-13-5-8-16-46(38)53-48/h1-30H. The zero-order chi connectivity index (χ0) is 35.3. The number of benzene rings is 8. The molecule has 0 N–H and O–H groups in total. The van der Waals surface area contributed by atoms with Gasteiger partial charge in [-0.3, -0.25) is 4.57 Å². The molecule has 4 aromatic heterocycles. The van der Waals surface area contributed by atoms with Gasteiger partial charge in [-0.05, 0) is 95.1 Å². The number of rotatable bonds is 4. The van der Waals surface area contributed by atoms with Crippen LogP contribution in [0.25, 0.3) is 110 Å². The molecule has 0 saturated carbocycles. The van der Waals surface area contributed by atoms with Crippen LogP contribution in [0.3, 0.4) is 0 Å². The second-order valence-corrected chi connectivity index (χ2v) is 14.1. The fourth-order valence-corrected chi connectivity index (χ4v) is 8.64. The predicted molar refractivity (Wildman–Crippen MR) is 223 cm³/mol. The molecule has 4 heterocycles. The Labute approximate surface area is 309 Å². The first-order valence-corrected chi connectivity index (χ1v) is 18.3. The van der Waals surface area contributed by atoms with Crippen LogP contribution in [0.5, 0.6) is 0 Å². The Hall–Kier alpha value is -7.30. The average molecular weight is 691 g/mol. The first-order chi connectivity index (χ1) is 26.8. The maximum atomic E-state index is 6.51. The van der Waals surface area contributed by atoms with E-state index >= 15 is 0 Å². The molecule has 54 heavy (non-hydrogen) atoms. The van der Waals surface area contributed by atoms with Gasteiger partial charge in [-0.2, -0.15) is 0 Å². The summed E-state index contributed by atoms with van der Waals surface area (Å²) in [6.07, 6.45) is 0. The van der Waals surface area contributed by atoms with Crippen LogP contribution in [0.15, 0.2) is 191 Å². The van der Waals surface area contributed by atoms with Crippen LogP contribution in [-0.4, -0.2) is 9.13 Å². The molecule has 0 amide bonds. The van der Waals surface area contributed by atoms with Crippen molar-refractivity contribution < 1.29 is 8.83 Å². The van der Waals surface area contributed by atoms with Gasteiger partial charge in [0.25, 0.3) is 0 Å². The summed E-state index contributed by atoms with van der Waals surface area (Å²) in [6.45, 7) is 0. The zero-order valence-corrected chi connectivity index (χ0v) is 29.0. The Balaban J connectivity index is 0.972. The average Bonchev–Trinajstić information content (AvgIpc) is 3.97. The van der Waals surface area contributed by atoms with Crippen LogP contribution < -0.4 is 0 Å². The lowest BCUT2D eigenvalue weighted by Gasteiger charge is -2.11. The lowest BCUT2D eigenvalue weighted by molar-refractivity contribution is 0.645. The molecule has 0 radical (unpaired) electrons. The van der Waals surface area contributed by atoms with Crippen LogP contribution in [0.2, 0.25) is 0 Å². The molecule has 0 bridgehead atoms. The third kappa shape index (κ3) is 4.19. The van der Waals surface area contributed by atoms with Crippen molar-refractivity contribution in [2.45, 2.75) is 0 Å². The molecule has 0 saturated heterocycles. The van der Waals surface area contributed by atoms with Gasteiger partial charge in [0.2, 0.25) is 5.71 Å². The Bertz CT molecular complexity index is 3430. The van der Waals surface area contributed by atoms with Crippen molar-refractivity contribution in [3.63, 3.8) is 0 Å². The molecule has 0 aliphatic rings. The van der Waals surface area contributed by atoms with Crippen molar-refractivity contribution in [2.75, 3.05) is 0 Å². The molecule has 4 nitrogen and oxygen atoms in total. The Morgan fingerprint density at radius 2 is 0.870 bits per heavy atom. The molecule has 12 rings (SSSR count). The molecule has 4 heteroatoms. The fourth-order valence-electron chi connectivity index (χ4n) is 8.64. The number of hydrogen-bond acceptors (Lipinski definition) is 2. The zero-order valence-electron chi connectivity index (χ0n) is 29.0. The molecule has 0 unspecified atom stereocenters. The van der Waals surface area contributed by atoms with E-state index in [1.807, 2.05) is 24.3 Å². The summed E-state index contributed by atoms with van der Waals surface area (Å²) in [5, 5.41) is 8.21. The van der Waals surface area contributed by atoms with Crippen LogP contribution >= 0.6 is 0 Å². The number of fused-ring (bicyclic) bond motifs is 11. The maximum Gasteiger partial charge on any atom is 0.213 e. The van der Waals surface area contributed by atoms with Gasteiger partial charge in [0, 0.05) is 43.7 Å². The molecule has 0 aliphatic carbocycles. The van der Waals surface area contributed by atoms with Crippen LogP contribution in [-0.2, 0) is 0 Å². The third-order valence-corrected chi connectivity index (χ3v) is 11.1. The summed E-state index contributed by atoms with van der Waals surface area (Å²) >= 11 is 0. The van der Waals surface area contributed by atoms with E-state index in [4.69, 9.17) is 8.83 Å². The van der Waals surface area contributed by atoms with E-state index in [0.717, 1.165) is 72.0 Å². The van der Waals surface area contributed by atoms with Crippen molar-refractivity contribution >= 4 is 76.7 Å².